The Kier molecular flexibility index (Phi) is 4.33. The summed E-state index contributed by atoms with van der Waals surface area (Å²) in [6.07, 6.45) is 0. The molecule has 1 rings (SSSR count). The first-order chi connectivity index (χ1) is 6.97. The van der Waals surface area contributed by atoms with E-state index in [1.54, 1.807) is 0 Å². The Morgan fingerprint density at radius 1 is 1.27 bits per heavy atom. The van der Waals surface area contributed by atoms with Crippen LogP contribution in [0.5, 0.6) is 0 Å². The molecular weight excluding hydrogens is 341 g/mol. The molecule has 0 radical (unpaired) electrons. The zero-order chi connectivity index (χ0) is 11.6. The van der Waals surface area contributed by atoms with Gasteiger partial charge in [-0.05, 0) is 12.1 Å². The molecule has 1 aromatic rings. The van der Waals surface area contributed by atoms with E-state index in [-0.39, 0.29) is 5.56 Å². The molecule has 0 aromatic heterocycles. The molecule has 0 aliphatic carbocycles. The summed E-state index contributed by atoms with van der Waals surface area (Å²) in [5.41, 5.74) is -0.201. The van der Waals surface area contributed by atoms with Gasteiger partial charge in [-0.15, -0.1) is 0 Å². The van der Waals surface area contributed by atoms with Crippen molar-refractivity contribution in [1.29, 1.82) is 0 Å². The summed E-state index contributed by atoms with van der Waals surface area (Å²) in [5, 5.41) is 0.298. The van der Waals surface area contributed by atoms with E-state index in [2.05, 4.69) is 31.9 Å². The summed E-state index contributed by atoms with van der Waals surface area (Å²) < 4.78 is 38.1. The highest BCUT2D eigenvalue weighted by atomic mass is 79.9. The van der Waals surface area contributed by atoms with Gasteiger partial charge in [-0.3, -0.25) is 4.79 Å². The Bertz CT molecular complexity index is 372. The average Bonchev–Trinajstić information content (AvgIpc) is 2.23. The first-order valence-electron chi connectivity index (χ1n) is 3.86. The predicted octanol–water partition coefficient (Wildman–Crippen LogP) is 3.45. The molecule has 0 fully saturated rings. The van der Waals surface area contributed by atoms with Crippen LogP contribution in [0.25, 0.3) is 0 Å². The Morgan fingerprint density at radius 2 is 1.73 bits per heavy atom. The van der Waals surface area contributed by atoms with Gasteiger partial charge in [-0.2, -0.15) is 0 Å². The molecule has 0 aliphatic heterocycles. The lowest BCUT2D eigenvalue weighted by atomic mass is 10.1. The molecule has 1 atom stereocenters. The number of rotatable bonds is 3. The monoisotopic (exact) mass is 344 g/mol. The SMILES string of the molecule is O=C(c1cc(F)c(F)c(F)c1)C(Br)CBr. The molecule has 0 saturated carbocycles. The van der Waals surface area contributed by atoms with Crippen molar-refractivity contribution < 1.29 is 18.0 Å². The zero-order valence-electron chi connectivity index (χ0n) is 7.24. The Labute approximate surface area is 101 Å². The van der Waals surface area contributed by atoms with E-state index in [4.69, 9.17) is 0 Å². The maximum absolute atomic E-state index is 12.8. The molecule has 82 valence electrons. The van der Waals surface area contributed by atoms with Crippen LogP contribution in [-0.2, 0) is 0 Å². The minimum atomic E-state index is -1.57. The molecule has 6 heteroatoms. The van der Waals surface area contributed by atoms with E-state index in [0.717, 1.165) is 0 Å². The number of hydrogen-bond acceptors (Lipinski definition) is 1. The number of halogens is 5. The number of ketones is 1. The quantitative estimate of drug-likeness (QED) is 0.466. The van der Waals surface area contributed by atoms with E-state index in [9.17, 15) is 18.0 Å². The van der Waals surface area contributed by atoms with Gasteiger partial charge in [0.1, 0.15) is 0 Å². The molecule has 0 N–H and O–H groups in total. The first kappa shape index (κ1) is 12.7. The van der Waals surface area contributed by atoms with Crippen molar-refractivity contribution in [3.8, 4) is 0 Å². The fourth-order valence-corrected chi connectivity index (χ4v) is 1.51. The maximum Gasteiger partial charge on any atom is 0.194 e. The van der Waals surface area contributed by atoms with Crippen LogP contribution in [0, 0.1) is 17.5 Å². The lowest BCUT2D eigenvalue weighted by molar-refractivity contribution is 0.0996. The van der Waals surface area contributed by atoms with Gasteiger partial charge in [0, 0.05) is 10.9 Å². The highest BCUT2D eigenvalue weighted by Crippen LogP contribution is 2.18. The van der Waals surface area contributed by atoms with Gasteiger partial charge in [0.2, 0.25) is 0 Å². The molecule has 1 unspecified atom stereocenters. The van der Waals surface area contributed by atoms with Gasteiger partial charge in [-0.25, -0.2) is 13.2 Å². The Morgan fingerprint density at radius 3 is 2.13 bits per heavy atom. The number of Topliss-reactive ketones (excluding diaryl/α,β-unsaturated/α-hetero) is 1. The standard InChI is InChI=1S/C9H5Br2F3O/c10-3-5(11)9(15)4-1-6(12)8(14)7(13)2-4/h1-2,5H,3H2. The van der Waals surface area contributed by atoms with Crippen LogP contribution >= 0.6 is 31.9 Å². The van der Waals surface area contributed by atoms with Crippen molar-refractivity contribution in [3.05, 3.63) is 35.1 Å². The summed E-state index contributed by atoms with van der Waals surface area (Å²) in [4.78, 5) is 10.9. The van der Waals surface area contributed by atoms with Gasteiger partial charge in [0.05, 0.1) is 4.83 Å². The van der Waals surface area contributed by atoms with Crippen molar-refractivity contribution in [1.82, 2.24) is 0 Å². The van der Waals surface area contributed by atoms with E-state index >= 15 is 0 Å². The normalized spacial score (nSPS) is 12.6. The van der Waals surface area contributed by atoms with E-state index in [1.807, 2.05) is 0 Å². The van der Waals surface area contributed by atoms with Gasteiger partial charge in [-0.1, -0.05) is 31.9 Å². The van der Waals surface area contributed by atoms with E-state index in [1.165, 1.54) is 0 Å². The van der Waals surface area contributed by atoms with Crippen molar-refractivity contribution in [3.63, 3.8) is 0 Å². The van der Waals surface area contributed by atoms with E-state index in [0.29, 0.717) is 17.5 Å². The molecular formula is C9H5Br2F3O. The average molecular weight is 346 g/mol. The van der Waals surface area contributed by atoms with Crippen LogP contribution in [0.15, 0.2) is 12.1 Å². The molecule has 0 saturated heterocycles. The summed E-state index contributed by atoms with van der Waals surface area (Å²) in [6, 6.07) is 1.36. The van der Waals surface area contributed by atoms with E-state index < -0.39 is 28.1 Å². The third-order valence-corrected chi connectivity index (χ3v) is 3.94. The second kappa shape index (κ2) is 5.12. The van der Waals surface area contributed by atoms with Crippen LogP contribution in [0.2, 0.25) is 0 Å². The van der Waals surface area contributed by atoms with Gasteiger partial charge in [0.15, 0.2) is 23.2 Å². The summed E-state index contributed by atoms with van der Waals surface area (Å²) in [7, 11) is 0. The third kappa shape index (κ3) is 2.81. The lowest BCUT2D eigenvalue weighted by Crippen LogP contribution is -2.16. The number of benzene rings is 1. The summed E-state index contributed by atoms with van der Waals surface area (Å²) in [6.45, 7) is 0. The molecule has 0 aliphatic rings. The van der Waals surface area contributed by atoms with Gasteiger partial charge < -0.3 is 0 Å². The fraction of sp³-hybridized carbons (Fsp3) is 0.222. The molecule has 15 heavy (non-hydrogen) atoms. The topological polar surface area (TPSA) is 17.1 Å². The van der Waals surface area contributed by atoms with Crippen molar-refractivity contribution >= 4 is 37.6 Å². The Hall–Kier alpha value is -0.360. The molecule has 0 heterocycles. The molecule has 1 aromatic carbocycles. The molecule has 1 nitrogen and oxygen atoms in total. The number of carbonyl (C=O) groups excluding carboxylic acids is 1. The fourth-order valence-electron chi connectivity index (χ4n) is 0.949. The summed E-state index contributed by atoms with van der Waals surface area (Å²) in [5.74, 6) is -4.82. The minimum absolute atomic E-state index is 0.201. The summed E-state index contributed by atoms with van der Waals surface area (Å²) >= 11 is 6.05. The smallest absolute Gasteiger partial charge is 0.194 e. The molecule has 0 spiro atoms. The third-order valence-electron chi connectivity index (χ3n) is 1.69. The molecule has 0 amide bonds. The highest BCUT2D eigenvalue weighted by Gasteiger charge is 2.19. The van der Waals surface area contributed by atoms with Crippen LogP contribution in [-0.4, -0.2) is 15.9 Å². The van der Waals surface area contributed by atoms with Crippen LogP contribution in [0.4, 0.5) is 13.2 Å². The largest absolute Gasteiger partial charge is 0.293 e. The van der Waals surface area contributed by atoms with Crippen LogP contribution in [0.3, 0.4) is 0 Å². The molecule has 0 bridgehead atoms. The Balaban J connectivity index is 3.12. The maximum atomic E-state index is 12.8. The zero-order valence-corrected chi connectivity index (χ0v) is 10.4. The number of carbonyl (C=O) groups is 1. The predicted molar refractivity (Wildman–Crippen MR) is 57.2 cm³/mol. The van der Waals surface area contributed by atoms with Crippen molar-refractivity contribution in [2.75, 3.05) is 5.33 Å². The minimum Gasteiger partial charge on any atom is -0.293 e. The van der Waals surface area contributed by atoms with Crippen molar-refractivity contribution in [2.45, 2.75) is 4.83 Å². The van der Waals surface area contributed by atoms with Gasteiger partial charge in [0.25, 0.3) is 0 Å². The van der Waals surface area contributed by atoms with Gasteiger partial charge >= 0.3 is 0 Å². The number of hydrogen-bond donors (Lipinski definition) is 0. The first-order valence-corrected chi connectivity index (χ1v) is 5.90. The van der Waals surface area contributed by atoms with Crippen molar-refractivity contribution in [2.24, 2.45) is 0 Å². The van der Waals surface area contributed by atoms with Crippen LogP contribution < -0.4 is 0 Å². The lowest BCUT2D eigenvalue weighted by Gasteiger charge is -2.05. The second-order valence-corrected chi connectivity index (χ2v) is 4.49. The van der Waals surface area contributed by atoms with Crippen LogP contribution in [0.1, 0.15) is 10.4 Å². The highest BCUT2D eigenvalue weighted by molar-refractivity contribution is 9.12. The second-order valence-electron chi connectivity index (χ2n) is 2.74. The number of alkyl halides is 2.